The summed E-state index contributed by atoms with van der Waals surface area (Å²) in [6.07, 6.45) is -13.6. The smallest absolute Gasteiger partial charge is 0.331 e. The molecule has 8 N–H and O–H groups in total. The van der Waals surface area contributed by atoms with Crippen molar-refractivity contribution in [2.24, 2.45) is 35.0 Å². The average Bonchev–Trinajstić information content (AvgIpc) is 3.82. The summed E-state index contributed by atoms with van der Waals surface area (Å²) in [4.78, 5) is 24.5. The Balaban J connectivity index is 0.915. The van der Waals surface area contributed by atoms with Crippen molar-refractivity contribution in [2.75, 3.05) is 26.9 Å². The predicted octanol–water partition coefficient (Wildman–Crippen LogP) is -0.895. The number of methoxy groups -OCH3 is 1. The zero-order valence-electron chi connectivity index (χ0n) is 36.3. The van der Waals surface area contributed by atoms with E-state index in [2.05, 4.69) is 13.5 Å². The number of hydrogen-bond donors (Lipinski definition) is 8. The summed E-state index contributed by atoms with van der Waals surface area (Å²) in [7, 11) is 1.40. The molecule has 23 atom stereocenters. The van der Waals surface area contributed by atoms with Crippen LogP contribution in [0.3, 0.4) is 0 Å². The van der Waals surface area contributed by atoms with Crippen LogP contribution in [0.25, 0.3) is 0 Å². The molecule has 19 nitrogen and oxygen atoms in total. The third kappa shape index (κ3) is 8.56. The molecule has 4 saturated carbocycles. The largest absolute Gasteiger partial charge is 0.458 e. The summed E-state index contributed by atoms with van der Waals surface area (Å²) in [5.41, 5.74) is 1.07. The van der Waals surface area contributed by atoms with Crippen LogP contribution in [0.15, 0.2) is 23.8 Å². The maximum absolute atomic E-state index is 12.6. The maximum atomic E-state index is 12.6. The zero-order chi connectivity index (χ0) is 45.3. The van der Waals surface area contributed by atoms with Crippen molar-refractivity contribution in [3.05, 3.63) is 23.8 Å². The molecule has 0 amide bonds. The highest BCUT2D eigenvalue weighted by Gasteiger charge is 2.65. The first kappa shape index (κ1) is 47.3. The van der Waals surface area contributed by atoms with Crippen LogP contribution in [0, 0.1) is 35.0 Å². The van der Waals surface area contributed by atoms with E-state index in [1.165, 1.54) is 14.0 Å². The van der Waals surface area contributed by atoms with E-state index in [1.54, 1.807) is 13.0 Å². The molecule has 4 aliphatic heterocycles. The van der Waals surface area contributed by atoms with E-state index in [1.807, 2.05) is 0 Å². The first-order valence-electron chi connectivity index (χ1n) is 22.5. The Kier molecular flexibility index (Phi) is 13.9. The van der Waals surface area contributed by atoms with Crippen molar-refractivity contribution in [3.63, 3.8) is 0 Å². The van der Waals surface area contributed by atoms with Gasteiger partial charge in [0.05, 0.1) is 31.0 Å². The normalized spacial score (nSPS) is 51.1. The lowest BCUT2D eigenvalue weighted by atomic mass is 9.51. The number of aliphatic hydroxyl groups excluding tert-OH is 7. The van der Waals surface area contributed by atoms with Gasteiger partial charge in [0, 0.05) is 31.9 Å². The highest BCUT2D eigenvalue weighted by molar-refractivity contribution is 5.85. The molecule has 4 heterocycles. The summed E-state index contributed by atoms with van der Waals surface area (Å²) in [5, 5.41) is 85.2. The van der Waals surface area contributed by atoms with E-state index in [0.717, 1.165) is 49.7 Å². The standard InChI is InChI=1S/C44H66O19/c1-18-24(21-12-30(47)56-16-21)9-11-44(54)25-7-6-22-13-23(8-10-43(22,4)27(25)14-26(18)44)60-42-39(59-20(3)46)38(55-5)37(19(2)58-42)63-41-36(53)34(51)32(49)29(62-41)17-57-40-35(52)33(50)31(48)28(15-45)61-40/h12,19,22-29,31-42,45,48-54H,1,6-11,13-17H2,2-5H3. The van der Waals surface area contributed by atoms with Gasteiger partial charge in [0.25, 0.3) is 0 Å². The molecule has 63 heavy (non-hydrogen) atoms. The fourth-order valence-corrected chi connectivity index (χ4v) is 12.6. The van der Waals surface area contributed by atoms with Gasteiger partial charge >= 0.3 is 11.9 Å². The number of fused-ring (bicyclic) bond motifs is 5. The van der Waals surface area contributed by atoms with Crippen LogP contribution in [0.2, 0.25) is 0 Å². The van der Waals surface area contributed by atoms with Crippen molar-refractivity contribution in [3.8, 4) is 0 Å². The summed E-state index contributed by atoms with van der Waals surface area (Å²) >= 11 is 0. The van der Waals surface area contributed by atoms with Crippen LogP contribution in [0.5, 0.6) is 0 Å². The SMILES string of the molecule is C=C1C(C2=CC(=O)OC2)CCC2(O)C1CC1C2CCC2CC(OC3OC(C)C(OC4OC(COC5OC(CO)C(O)C(O)C5O)C(O)C(O)C4O)C(OC)C3OC(C)=O)CCC21C. The average molecular weight is 899 g/mol. The minimum atomic E-state index is -1.80. The molecule has 0 aromatic rings. The van der Waals surface area contributed by atoms with Crippen LogP contribution in [0.1, 0.15) is 72.1 Å². The second-order valence-electron chi connectivity index (χ2n) is 19.4. The van der Waals surface area contributed by atoms with Gasteiger partial charge in [-0.3, -0.25) is 4.79 Å². The Hall–Kier alpha value is -2.18. The van der Waals surface area contributed by atoms with E-state index < -0.39 is 117 Å². The van der Waals surface area contributed by atoms with Crippen LogP contribution in [-0.4, -0.2) is 184 Å². The third-order valence-corrected chi connectivity index (χ3v) is 16.1. The number of hydrogen-bond acceptors (Lipinski definition) is 19. The molecule has 0 bridgehead atoms. The van der Waals surface area contributed by atoms with Gasteiger partial charge in [-0.1, -0.05) is 19.1 Å². The second kappa shape index (κ2) is 18.5. The zero-order valence-corrected chi connectivity index (χ0v) is 36.3. The third-order valence-electron chi connectivity index (χ3n) is 16.1. The van der Waals surface area contributed by atoms with Gasteiger partial charge in [-0.05, 0) is 87.0 Å². The van der Waals surface area contributed by atoms with Gasteiger partial charge in [-0.2, -0.15) is 0 Å². The summed E-state index contributed by atoms with van der Waals surface area (Å²) in [5.74, 6) is -0.259. The van der Waals surface area contributed by atoms with E-state index >= 15 is 0 Å². The lowest BCUT2D eigenvalue weighted by Crippen LogP contribution is -2.65. The second-order valence-corrected chi connectivity index (χ2v) is 19.4. The number of aliphatic hydroxyl groups is 8. The Morgan fingerprint density at radius 3 is 2.19 bits per heavy atom. The van der Waals surface area contributed by atoms with Gasteiger partial charge in [0.15, 0.2) is 25.0 Å². The molecule has 0 aromatic carbocycles. The van der Waals surface area contributed by atoms with Crippen LogP contribution < -0.4 is 0 Å². The Morgan fingerprint density at radius 1 is 0.825 bits per heavy atom. The van der Waals surface area contributed by atoms with E-state index in [0.29, 0.717) is 18.8 Å². The summed E-state index contributed by atoms with van der Waals surface area (Å²) < 4.78 is 53.1. The Labute approximate surface area is 366 Å². The number of carbonyl (C=O) groups is 2. The molecule has 3 saturated heterocycles. The molecule has 23 unspecified atom stereocenters. The van der Waals surface area contributed by atoms with Gasteiger partial charge in [0.2, 0.25) is 0 Å². The fourth-order valence-electron chi connectivity index (χ4n) is 12.6. The molecule has 8 rings (SSSR count). The molecule has 356 valence electrons. The lowest BCUT2D eigenvalue weighted by molar-refractivity contribution is -0.367. The first-order chi connectivity index (χ1) is 29.9. The highest BCUT2D eigenvalue weighted by atomic mass is 16.8. The molecule has 8 aliphatic rings. The van der Waals surface area contributed by atoms with Crippen LogP contribution in [0.4, 0.5) is 0 Å². The molecule has 0 aromatic heterocycles. The monoisotopic (exact) mass is 898 g/mol. The van der Waals surface area contributed by atoms with Crippen molar-refractivity contribution < 1.29 is 93.1 Å². The summed E-state index contributed by atoms with van der Waals surface area (Å²) in [6, 6.07) is 0. The van der Waals surface area contributed by atoms with Crippen molar-refractivity contribution in [2.45, 2.75) is 176 Å². The highest BCUT2D eigenvalue weighted by Crippen LogP contribution is 2.67. The molecule has 0 radical (unpaired) electrons. The van der Waals surface area contributed by atoms with E-state index in [9.17, 15) is 50.4 Å². The van der Waals surface area contributed by atoms with Gasteiger partial charge in [-0.15, -0.1) is 0 Å². The predicted molar refractivity (Wildman–Crippen MR) is 212 cm³/mol. The molecule has 19 heteroatoms. The Bertz CT molecular complexity index is 1710. The van der Waals surface area contributed by atoms with Crippen molar-refractivity contribution in [1.82, 2.24) is 0 Å². The quantitative estimate of drug-likeness (QED) is 0.0709. The molecular weight excluding hydrogens is 832 g/mol. The lowest BCUT2D eigenvalue weighted by Gasteiger charge is -2.55. The van der Waals surface area contributed by atoms with Gasteiger partial charge < -0.3 is 83.5 Å². The van der Waals surface area contributed by atoms with Crippen molar-refractivity contribution >= 4 is 11.9 Å². The number of rotatable bonds is 11. The Morgan fingerprint density at radius 2 is 1.52 bits per heavy atom. The molecule has 7 fully saturated rings. The number of cyclic esters (lactones) is 1. The molecule has 4 aliphatic carbocycles. The van der Waals surface area contributed by atoms with E-state index in [4.69, 9.17) is 42.6 Å². The number of esters is 2. The molecule has 0 spiro atoms. The van der Waals surface area contributed by atoms with E-state index in [-0.39, 0.29) is 47.8 Å². The first-order valence-corrected chi connectivity index (χ1v) is 22.5. The van der Waals surface area contributed by atoms with Crippen LogP contribution >= 0.6 is 0 Å². The minimum absolute atomic E-state index is 0.0306. The fraction of sp³-hybridized carbons (Fsp3) is 0.864. The maximum Gasteiger partial charge on any atom is 0.331 e. The number of carbonyl (C=O) groups excluding carboxylic acids is 2. The minimum Gasteiger partial charge on any atom is -0.458 e. The topological polar surface area (TPSA) is 279 Å². The van der Waals surface area contributed by atoms with Gasteiger partial charge in [0.1, 0.15) is 67.6 Å². The molecular formula is C44H66O19. The number of ether oxygens (including phenoxy) is 9. The summed E-state index contributed by atoms with van der Waals surface area (Å²) in [6.45, 7) is 8.84. The van der Waals surface area contributed by atoms with Crippen LogP contribution in [-0.2, 0) is 52.2 Å². The van der Waals surface area contributed by atoms with Crippen molar-refractivity contribution in [1.29, 1.82) is 0 Å². The van der Waals surface area contributed by atoms with Gasteiger partial charge in [-0.25, -0.2) is 4.79 Å².